The van der Waals surface area contributed by atoms with E-state index >= 15 is 0 Å². The molecule has 112 valence electrons. The number of aliphatic hydroxyl groups excluding tert-OH is 1. The van der Waals surface area contributed by atoms with Crippen LogP contribution in [-0.4, -0.2) is 29.1 Å². The van der Waals surface area contributed by atoms with Crippen LogP contribution in [0, 0.1) is 0 Å². The minimum absolute atomic E-state index is 0.286. The second-order valence-electron chi connectivity index (χ2n) is 4.40. The van der Waals surface area contributed by atoms with Crippen LogP contribution in [0.25, 0.3) is 11.3 Å². The van der Waals surface area contributed by atoms with Crippen molar-refractivity contribution in [1.29, 1.82) is 0 Å². The predicted molar refractivity (Wildman–Crippen MR) is 78.6 cm³/mol. The van der Waals surface area contributed by atoms with Gasteiger partial charge in [-0.2, -0.15) is 5.10 Å². The highest BCUT2D eigenvalue weighted by atomic mass is 16.5. The Kier molecular flexibility index (Phi) is 4.59. The number of benzene rings is 1. The van der Waals surface area contributed by atoms with E-state index in [1.165, 1.54) is 4.68 Å². The van der Waals surface area contributed by atoms with Gasteiger partial charge in [-0.3, -0.25) is 4.79 Å². The number of aryl methyl sites for hydroxylation is 1. The lowest BCUT2D eigenvalue weighted by Crippen LogP contribution is -2.26. The van der Waals surface area contributed by atoms with E-state index in [0.29, 0.717) is 34.9 Å². The van der Waals surface area contributed by atoms with Crippen molar-refractivity contribution in [3.05, 3.63) is 40.2 Å². The maximum atomic E-state index is 12.0. The fourth-order valence-corrected chi connectivity index (χ4v) is 2.07. The third-order valence-corrected chi connectivity index (χ3v) is 3.20. The normalized spacial score (nSPS) is 10.5. The molecule has 0 aliphatic carbocycles. The Morgan fingerprint density at radius 3 is 2.57 bits per heavy atom. The Labute approximate surface area is 122 Å². The van der Waals surface area contributed by atoms with Crippen molar-refractivity contribution in [1.82, 2.24) is 9.78 Å². The maximum Gasteiger partial charge on any atom is 0.272 e. The van der Waals surface area contributed by atoms with Crippen LogP contribution in [0.3, 0.4) is 0 Å². The van der Waals surface area contributed by atoms with Gasteiger partial charge < -0.3 is 14.6 Å². The van der Waals surface area contributed by atoms with Gasteiger partial charge in [-0.05, 0) is 31.2 Å². The highest BCUT2D eigenvalue weighted by Crippen LogP contribution is 2.32. The van der Waals surface area contributed by atoms with Gasteiger partial charge in [0, 0.05) is 17.7 Å². The van der Waals surface area contributed by atoms with Gasteiger partial charge in [-0.15, -0.1) is 0 Å². The zero-order valence-corrected chi connectivity index (χ0v) is 12.3. The first-order chi connectivity index (χ1) is 10.1. The fraction of sp³-hybridized carbons (Fsp3) is 0.333. The molecule has 1 aromatic carbocycles. The van der Waals surface area contributed by atoms with E-state index in [4.69, 9.17) is 9.47 Å². The van der Waals surface area contributed by atoms with Crippen LogP contribution >= 0.6 is 0 Å². The summed E-state index contributed by atoms with van der Waals surface area (Å²) >= 11 is 0. The maximum absolute atomic E-state index is 12.0. The first-order valence-electron chi connectivity index (χ1n) is 6.58. The lowest BCUT2D eigenvalue weighted by molar-refractivity contribution is 0.278. The second kappa shape index (κ2) is 6.41. The Bertz CT molecular complexity index is 666. The zero-order chi connectivity index (χ0) is 15.4. The first-order valence-corrected chi connectivity index (χ1v) is 6.58. The van der Waals surface area contributed by atoms with Gasteiger partial charge >= 0.3 is 0 Å². The molecule has 0 atom stereocenters. The van der Waals surface area contributed by atoms with Gasteiger partial charge in [0.05, 0.1) is 26.5 Å². The van der Waals surface area contributed by atoms with Crippen LogP contribution in [0.1, 0.15) is 12.5 Å². The third-order valence-electron chi connectivity index (χ3n) is 3.20. The fourth-order valence-electron chi connectivity index (χ4n) is 2.07. The van der Waals surface area contributed by atoms with Gasteiger partial charge in [0.1, 0.15) is 11.5 Å². The van der Waals surface area contributed by atoms with Crippen LogP contribution in [0.5, 0.6) is 11.5 Å². The topological polar surface area (TPSA) is 73.6 Å². The van der Waals surface area contributed by atoms with E-state index in [1.807, 2.05) is 6.92 Å². The molecule has 6 heteroatoms. The van der Waals surface area contributed by atoms with E-state index in [2.05, 4.69) is 5.10 Å². The van der Waals surface area contributed by atoms with Crippen molar-refractivity contribution in [2.24, 2.45) is 0 Å². The number of aromatic nitrogens is 2. The molecule has 2 aromatic rings. The molecule has 0 saturated heterocycles. The van der Waals surface area contributed by atoms with Crippen LogP contribution in [0.2, 0.25) is 0 Å². The van der Waals surface area contributed by atoms with Gasteiger partial charge in [0.15, 0.2) is 0 Å². The molecule has 0 spiro atoms. The quantitative estimate of drug-likeness (QED) is 0.902. The number of ether oxygens (including phenoxy) is 2. The lowest BCUT2D eigenvalue weighted by Gasteiger charge is -2.12. The molecule has 0 unspecified atom stereocenters. The summed E-state index contributed by atoms with van der Waals surface area (Å²) < 4.78 is 11.9. The molecule has 0 amide bonds. The Hall–Kier alpha value is -2.34. The molecule has 1 aromatic heterocycles. The summed E-state index contributed by atoms with van der Waals surface area (Å²) in [4.78, 5) is 12.0. The number of methoxy groups -OCH3 is 2. The summed E-state index contributed by atoms with van der Waals surface area (Å²) in [6.07, 6.45) is 0. The smallest absolute Gasteiger partial charge is 0.272 e. The summed E-state index contributed by atoms with van der Waals surface area (Å²) in [5.41, 5.74) is 1.27. The number of rotatable bonds is 5. The van der Waals surface area contributed by atoms with Gasteiger partial charge in [0.25, 0.3) is 5.56 Å². The van der Waals surface area contributed by atoms with Gasteiger partial charge in [-0.1, -0.05) is 0 Å². The van der Waals surface area contributed by atoms with E-state index in [0.717, 1.165) is 0 Å². The summed E-state index contributed by atoms with van der Waals surface area (Å²) in [6.45, 7) is 1.91. The van der Waals surface area contributed by atoms with E-state index in [-0.39, 0.29) is 12.2 Å². The summed E-state index contributed by atoms with van der Waals surface area (Å²) in [6, 6.07) is 6.92. The molecule has 21 heavy (non-hydrogen) atoms. The van der Waals surface area contributed by atoms with Crippen molar-refractivity contribution in [3.63, 3.8) is 0 Å². The van der Waals surface area contributed by atoms with Crippen molar-refractivity contribution < 1.29 is 14.6 Å². The minimum Gasteiger partial charge on any atom is -0.497 e. The van der Waals surface area contributed by atoms with E-state index in [9.17, 15) is 9.90 Å². The van der Waals surface area contributed by atoms with Crippen LogP contribution in [-0.2, 0) is 13.2 Å². The molecule has 0 radical (unpaired) electrons. The summed E-state index contributed by atoms with van der Waals surface area (Å²) in [5.74, 6) is 1.28. The van der Waals surface area contributed by atoms with Crippen LogP contribution < -0.4 is 15.0 Å². The Balaban J connectivity index is 2.68. The van der Waals surface area contributed by atoms with Gasteiger partial charge in [-0.25, -0.2) is 4.68 Å². The Morgan fingerprint density at radius 1 is 1.24 bits per heavy atom. The molecular weight excluding hydrogens is 272 g/mol. The summed E-state index contributed by atoms with van der Waals surface area (Å²) in [5, 5.41) is 13.7. The molecule has 0 aliphatic heterocycles. The van der Waals surface area contributed by atoms with E-state index < -0.39 is 0 Å². The average Bonchev–Trinajstić information content (AvgIpc) is 2.54. The molecule has 0 bridgehead atoms. The molecule has 1 heterocycles. The SMILES string of the molecule is CCn1nc(-c2cc(OC)ccc2OC)cc(CO)c1=O. The van der Waals surface area contributed by atoms with Crippen LogP contribution in [0.4, 0.5) is 0 Å². The highest BCUT2D eigenvalue weighted by molar-refractivity contribution is 5.69. The molecule has 6 nitrogen and oxygen atoms in total. The highest BCUT2D eigenvalue weighted by Gasteiger charge is 2.13. The molecule has 0 saturated carbocycles. The van der Waals surface area contributed by atoms with E-state index in [1.54, 1.807) is 38.5 Å². The Morgan fingerprint density at radius 2 is 2.00 bits per heavy atom. The van der Waals surface area contributed by atoms with Crippen molar-refractivity contribution in [2.75, 3.05) is 14.2 Å². The zero-order valence-electron chi connectivity index (χ0n) is 12.3. The number of aliphatic hydroxyl groups is 1. The minimum atomic E-state index is -0.333. The molecular formula is C15H18N2O4. The summed E-state index contributed by atoms with van der Waals surface area (Å²) in [7, 11) is 3.14. The third kappa shape index (κ3) is 2.90. The lowest BCUT2D eigenvalue weighted by atomic mass is 10.1. The molecule has 2 rings (SSSR count). The van der Waals surface area contributed by atoms with Gasteiger partial charge in [0.2, 0.25) is 0 Å². The van der Waals surface area contributed by atoms with Crippen molar-refractivity contribution in [3.8, 4) is 22.8 Å². The predicted octanol–water partition coefficient (Wildman–Crippen LogP) is 1.44. The second-order valence-corrected chi connectivity index (χ2v) is 4.40. The standard InChI is InChI=1S/C15H18N2O4/c1-4-17-15(19)10(9-18)7-13(16-17)12-8-11(20-2)5-6-14(12)21-3/h5-8,18H,4,9H2,1-3H3. The monoisotopic (exact) mass is 290 g/mol. The average molecular weight is 290 g/mol. The number of nitrogens with zero attached hydrogens (tertiary/aromatic N) is 2. The van der Waals surface area contributed by atoms with Crippen molar-refractivity contribution in [2.45, 2.75) is 20.1 Å². The molecule has 0 aliphatic rings. The molecule has 1 N–H and O–H groups in total. The van der Waals surface area contributed by atoms with Crippen LogP contribution in [0.15, 0.2) is 29.1 Å². The van der Waals surface area contributed by atoms with Crippen molar-refractivity contribution >= 4 is 0 Å². The number of hydrogen-bond donors (Lipinski definition) is 1. The number of hydrogen-bond acceptors (Lipinski definition) is 5. The molecule has 0 fully saturated rings. The first kappa shape index (κ1) is 15.1. The largest absolute Gasteiger partial charge is 0.497 e.